The van der Waals surface area contributed by atoms with Crippen LogP contribution in [0, 0.1) is 12.8 Å². The fourth-order valence-electron chi connectivity index (χ4n) is 4.97. The Morgan fingerprint density at radius 1 is 1.26 bits per heavy atom. The molecule has 4 aromatic rings. The van der Waals surface area contributed by atoms with E-state index in [2.05, 4.69) is 16.0 Å². The topological polar surface area (TPSA) is 119 Å². The van der Waals surface area contributed by atoms with E-state index in [1.54, 1.807) is 24.6 Å². The number of aromatic nitrogens is 3. The maximum absolute atomic E-state index is 11.6. The van der Waals surface area contributed by atoms with E-state index in [0.29, 0.717) is 25.5 Å². The first-order valence-electron chi connectivity index (χ1n) is 11.4. The molecule has 1 amide bonds. The number of methoxy groups -OCH3 is 1. The van der Waals surface area contributed by atoms with Crippen molar-refractivity contribution in [2.75, 3.05) is 20.3 Å². The summed E-state index contributed by atoms with van der Waals surface area (Å²) in [6.07, 6.45) is 1.45. The average Bonchev–Trinajstić information content (AvgIpc) is 3.60. The number of nitrogens with zero attached hydrogens (tertiary/aromatic N) is 3. The van der Waals surface area contributed by atoms with Gasteiger partial charge in [-0.2, -0.15) is 0 Å². The SMILES string of the molecule is COc1cnc2c(-c3nc4ccc5c(c4s3)CC([C@@H](OC(N)=O)C3CCOC3)O5)cc(C)cc2n1. The van der Waals surface area contributed by atoms with Crippen molar-refractivity contribution in [2.24, 2.45) is 11.7 Å². The molecule has 2 N–H and O–H groups in total. The third-order valence-electron chi connectivity index (χ3n) is 6.56. The first-order valence-corrected chi connectivity index (χ1v) is 12.3. The minimum Gasteiger partial charge on any atom is -0.486 e. The quantitative estimate of drug-likeness (QED) is 0.444. The summed E-state index contributed by atoms with van der Waals surface area (Å²) >= 11 is 1.60. The van der Waals surface area contributed by atoms with Crippen LogP contribution in [0.2, 0.25) is 0 Å². The molecule has 180 valence electrons. The maximum Gasteiger partial charge on any atom is 0.404 e. The van der Waals surface area contributed by atoms with E-state index < -0.39 is 12.2 Å². The predicted octanol–water partition coefficient (Wildman–Crippen LogP) is 4.03. The average molecular weight is 493 g/mol. The van der Waals surface area contributed by atoms with Crippen molar-refractivity contribution in [1.29, 1.82) is 0 Å². The molecule has 0 bridgehead atoms. The number of carbonyl (C=O) groups excluding carboxylic acids is 1. The fraction of sp³-hybridized carbons (Fsp3) is 0.360. The zero-order chi connectivity index (χ0) is 24.1. The standard InChI is InChI=1S/C25H24N4O5S/c1-12-7-15(21-17(8-12)28-20(31-2)10-27-21)24-29-16-3-4-18-14(23(16)35-24)9-19(33-18)22(34-25(26)30)13-5-6-32-11-13/h3-4,7-8,10,13,19,22H,5-6,9,11H2,1-2H3,(H2,26,30)/t13?,19?,22-/m0/s1. The lowest BCUT2D eigenvalue weighted by Gasteiger charge is -2.26. The van der Waals surface area contributed by atoms with Gasteiger partial charge in [-0.1, -0.05) is 0 Å². The van der Waals surface area contributed by atoms with Crippen LogP contribution in [-0.2, 0) is 15.9 Å². The summed E-state index contributed by atoms with van der Waals surface area (Å²) in [4.78, 5) is 25.7. The molecule has 0 saturated carbocycles. The number of hydrogen-bond acceptors (Lipinski definition) is 9. The van der Waals surface area contributed by atoms with E-state index in [0.717, 1.165) is 55.1 Å². The van der Waals surface area contributed by atoms with E-state index in [9.17, 15) is 4.79 Å². The number of carbonyl (C=O) groups is 1. The molecule has 0 spiro atoms. The lowest BCUT2D eigenvalue weighted by Crippen LogP contribution is -2.42. The van der Waals surface area contributed by atoms with E-state index in [1.165, 1.54) is 0 Å². The Bertz CT molecular complexity index is 1450. The van der Waals surface area contributed by atoms with Crippen molar-refractivity contribution in [3.05, 3.63) is 41.6 Å². The fourth-order valence-corrected chi connectivity index (χ4v) is 6.10. The van der Waals surface area contributed by atoms with E-state index in [4.69, 9.17) is 29.7 Å². The molecule has 2 aliphatic heterocycles. The van der Waals surface area contributed by atoms with Gasteiger partial charge in [0.05, 0.1) is 41.2 Å². The molecule has 0 aliphatic carbocycles. The van der Waals surface area contributed by atoms with E-state index in [1.807, 2.05) is 25.1 Å². The smallest absolute Gasteiger partial charge is 0.404 e. The zero-order valence-electron chi connectivity index (χ0n) is 19.3. The maximum atomic E-state index is 11.6. The number of nitrogens with two attached hydrogens (primary N) is 1. The highest BCUT2D eigenvalue weighted by atomic mass is 32.1. The number of ether oxygens (including phenoxy) is 4. The molecule has 3 atom stereocenters. The van der Waals surface area contributed by atoms with E-state index >= 15 is 0 Å². The number of rotatable bonds is 5. The van der Waals surface area contributed by atoms with Crippen molar-refractivity contribution in [3.63, 3.8) is 0 Å². The Morgan fingerprint density at radius 3 is 2.91 bits per heavy atom. The second kappa shape index (κ2) is 8.62. The molecule has 35 heavy (non-hydrogen) atoms. The van der Waals surface area contributed by atoms with Gasteiger partial charge in [-0.25, -0.2) is 19.7 Å². The summed E-state index contributed by atoms with van der Waals surface area (Å²) in [5.74, 6) is 1.32. The Morgan fingerprint density at radius 2 is 2.14 bits per heavy atom. The lowest BCUT2D eigenvalue weighted by molar-refractivity contribution is -0.00750. The highest BCUT2D eigenvalue weighted by Crippen LogP contribution is 2.43. The summed E-state index contributed by atoms with van der Waals surface area (Å²) < 4.78 is 23.6. The summed E-state index contributed by atoms with van der Waals surface area (Å²) in [5.41, 5.74) is 10.9. The van der Waals surface area contributed by atoms with Crippen LogP contribution in [0.1, 0.15) is 17.5 Å². The number of amides is 1. The molecule has 0 radical (unpaired) electrons. The van der Waals surface area contributed by atoms with Gasteiger partial charge >= 0.3 is 6.09 Å². The highest BCUT2D eigenvalue weighted by molar-refractivity contribution is 7.22. The summed E-state index contributed by atoms with van der Waals surface area (Å²) in [7, 11) is 1.58. The van der Waals surface area contributed by atoms with Gasteiger partial charge in [0.15, 0.2) is 0 Å². The van der Waals surface area contributed by atoms with Crippen LogP contribution in [-0.4, -0.2) is 53.6 Å². The number of benzene rings is 2. The van der Waals surface area contributed by atoms with Gasteiger partial charge in [-0.15, -0.1) is 11.3 Å². The second-order valence-electron chi connectivity index (χ2n) is 8.89. The van der Waals surface area contributed by atoms with Crippen molar-refractivity contribution in [3.8, 4) is 22.2 Å². The minimum absolute atomic E-state index is 0.0588. The van der Waals surface area contributed by atoms with Crippen LogP contribution >= 0.6 is 11.3 Å². The Labute approximate surface area is 205 Å². The zero-order valence-corrected chi connectivity index (χ0v) is 20.1. The normalized spacial score (nSPS) is 20.1. The van der Waals surface area contributed by atoms with Crippen molar-refractivity contribution >= 4 is 38.7 Å². The molecule has 2 aliphatic rings. The molecule has 10 heteroatoms. The molecule has 2 unspecified atom stereocenters. The first-order chi connectivity index (χ1) is 17.0. The number of aryl methyl sites for hydroxylation is 1. The molecule has 4 heterocycles. The predicted molar refractivity (Wildman–Crippen MR) is 131 cm³/mol. The van der Waals surface area contributed by atoms with Gasteiger partial charge in [-0.05, 0) is 43.2 Å². The monoisotopic (exact) mass is 492 g/mol. The van der Waals surface area contributed by atoms with Crippen LogP contribution in [0.3, 0.4) is 0 Å². The number of primary amides is 1. The summed E-state index contributed by atoms with van der Waals surface area (Å²) in [6.45, 7) is 3.20. The highest BCUT2D eigenvalue weighted by Gasteiger charge is 2.40. The van der Waals surface area contributed by atoms with Crippen LogP contribution in [0.15, 0.2) is 30.5 Å². The molecule has 6 rings (SSSR count). The van der Waals surface area contributed by atoms with Gasteiger partial charge in [0, 0.05) is 30.1 Å². The second-order valence-corrected chi connectivity index (χ2v) is 9.89. The Balaban J connectivity index is 1.39. The first kappa shape index (κ1) is 22.0. The van der Waals surface area contributed by atoms with Gasteiger partial charge in [0.2, 0.25) is 5.88 Å². The number of hydrogen-bond donors (Lipinski definition) is 1. The van der Waals surface area contributed by atoms with Gasteiger partial charge in [-0.3, -0.25) is 0 Å². The Kier molecular flexibility index (Phi) is 5.42. The van der Waals surface area contributed by atoms with Crippen LogP contribution in [0.5, 0.6) is 11.6 Å². The summed E-state index contributed by atoms with van der Waals surface area (Å²) in [5, 5.41) is 0.860. The number of thiazole rings is 1. The molecular formula is C25H24N4O5S. The molecule has 1 saturated heterocycles. The van der Waals surface area contributed by atoms with Gasteiger partial charge in [0.25, 0.3) is 0 Å². The largest absolute Gasteiger partial charge is 0.486 e. The molecular weight excluding hydrogens is 468 g/mol. The third kappa shape index (κ3) is 3.92. The van der Waals surface area contributed by atoms with Crippen molar-refractivity contribution in [2.45, 2.75) is 32.0 Å². The van der Waals surface area contributed by atoms with Crippen LogP contribution in [0.4, 0.5) is 4.79 Å². The molecule has 9 nitrogen and oxygen atoms in total. The third-order valence-corrected chi connectivity index (χ3v) is 7.72. The molecule has 1 fully saturated rings. The minimum atomic E-state index is -0.796. The van der Waals surface area contributed by atoms with Crippen LogP contribution in [0.25, 0.3) is 31.8 Å². The van der Waals surface area contributed by atoms with Crippen LogP contribution < -0.4 is 15.2 Å². The number of fused-ring (bicyclic) bond motifs is 4. The van der Waals surface area contributed by atoms with Gasteiger partial charge in [0.1, 0.15) is 23.0 Å². The molecule has 2 aromatic heterocycles. The van der Waals surface area contributed by atoms with E-state index in [-0.39, 0.29) is 12.0 Å². The lowest BCUT2D eigenvalue weighted by atomic mass is 9.94. The van der Waals surface area contributed by atoms with Gasteiger partial charge < -0.3 is 24.7 Å². The molecule has 2 aromatic carbocycles. The Hall–Kier alpha value is -3.50. The van der Waals surface area contributed by atoms with Crippen molar-refractivity contribution < 1.29 is 23.7 Å². The summed E-state index contributed by atoms with van der Waals surface area (Å²) in [6, 6.07) is 7.97. The van der Waals surface area contributed by atoms with Crippen molar-refractivity contribution in [1.82, 2.24) is 15.0 Å².